The molecule has 23 heavy (non-hydrogen) atoms. The van der Waals surface area contributed by atoms with Crippen molar-refractivity contribution < 1.29 is 0 Å². The average molecular weight is 327 g/mol. The molecule has 116 valence electrons. The van der Waals surface area contributed by atoms with E-state index in [-0.39, 0.29) is 11.7 Å². The first-order valence-corrected chi connectivity index (χ1v) is 7.94. The van der Waals surface area contributed by atoms with Gasteiger partial charge in [-0.1, -0.05) is 23.7 Å². The predicted molar refractivity (Wildman–Crippen MR) is 88.5 cm³/mol. The van der Waals surface area contributed by atoms with Crippen LogP contribution in [0, 0.1) is 0 Å². The Morgan fingerprint density at radius 3 is 2.78 bits per heavy atom. The molecule has 1 aliphatic rings. The van der Waals surface area contributed by atoms with Gasteiger partial charge in [0.25, 0.3) is 0 Å². The largest absolute Gasteiger partial charge is 0.346 e. The number of pyridine rings is 1. The van der Waals surface area contributed by atoms with Gasteiger partial charge in [-0.05, 0) is 42.7 Å². The topological polar surface area (TPSA) is 52.7 Å². The maximum Gasteiger partial charge on any atom is 0.346 e. The highest BCUT2D eigenvalue weighted by Crippen LogP contribution is 2.36. The Kier molecular flexibility index (Phi) is 3.50. The fourth-order valence-electron chi connectivity index (χ4n) is 2.69. The van der Waals surface area contributed by atoms with Crippen LogP contribution in [0.4, 0.5) is 0 Å². The molecule has 1 aliphatic carbocycles. The Balaban J connectivity index is 1.78. The van der Waals surface area contributed by atoms with Crippen LogP contribution in [0.2, 0.25) is 5.02 Å². The number of halogens is 1. The molecule has 0 spiro atoms. The first-order valence-electron chi connectivity index (χ1n) is 7.56. The van der Waals surface area contributed by atoms with Gasteiger partial charge in [0.2, 0.25) is 0 Å². The van der Waals surface area contributed by atoms with Crippen LogP contribution < -0.4 is 5.69 Å². The molecule has 2 heterocycles. The van der Waals surface area contributed by atoms with Gasteiger partial charge in [0.1, 0.15) is 0 Å². The molecular formula is C17H15ClN4O. The number of nitrogens with zero attached hydrogens (tertiary/aromatic N) is 4. The van der Waals surface area contributed by atoms with Crippen LogP contribution in [-0.4, -0.2) is 19.3 Å². The highest BCUT2D eigenvalue weighted by atomic mass is 35.5. The van der Waals surface area contributed by atoms with Gasteiger partial charge in [-0.25, -0.2) is 9.48 Å². The van der Waals surface area contributed by atoms with Crippen molar-refractivity contribution in [3.8, 4) is 11.4 Å². The molecule has 6 heteroatoms. The lowest BCUT2D eigenvalue weighted by atomic mass is 10.2. The van der Waals surface area contributed by atoms with Crippen molar-refractivity contribution in [1.82, 2.24) is 19.3 Å². The lowest BCUT2D eigenvalue weighted by molar-refractivity contribution is 0.626. The zero-order chi connectivity index (χ0) is 15.8. The van der Waals surface area contributed by atoms with Crippen molar-refractivity contribution in [1.29, 1.82) is 0 Å². The zero-order valence-electron chi connectivity index (χ0n) is 12.4. The SMILES string of the molecule is O=c1n(Cc2cccc(Cl)c2)nc(-c2cccnc2)n1C1CC1. The standard InChI is InChI=1S/C17H15ClN4O/c18-14-5-1-3-12(9-14)11-21-17(23)22(15-6-7-15)16(20-21)13-4-2-8-19-10-13/h1-5,8-10,15H,6-7,11H2. The van der Waals surface area contributed by atoms with Gasteiger partial charge in [-0.2, -0.15) is 0 Å². The quantitative estimate of drug-likeness (QED) is 0.740. The van der Waals surface area contributed by atoms with Crippen LogP contribution in [0.3, 0.4) is 0 Å². The van der Waals surface area contributed by atoms with Crippen molar-refractivity contribution in [2.45, 2.75) is 25.4 Å². The van der Waals surface area contributed by atoms with Gasteiger partial charge < -0.3 is 0 Å². The molecule has 0 N–H and O–H groups in total. The Labute approximate surface area is 138 Å². The summed E-state index contributed by atoms with van der Waals surface area (Å²) in [6, 6.07) is 11.5. The highest BCUT2D eigenvalue weighted by molar-refractivity contribution is 6.30. The molecule has 0 atom stereocenters. The van der Waals surface area contributed by atoms with E-state index >= 15 is 0 Å². The van der Waals surface area contributed by atoms with Crippen molar-refractivity contribution >= 4 is 11.6 Å². The first kappa shape index (κ1) is 14.2. The molecule has 1 saturated carbocycles. The van der Waals surface area contributed by atoms with E-state index in [2.05, 4.69) is 10.1 Å². The lowest BCUT2D eigenvalue weighted by Gasteiger charge is -2.02. The third kappa shape index (κ3) is 2.80. The van der Waals surface area contributed by atoms with E-state index in [0.29, 0.717) is 17.4 Å². The Morgan fingerprint density at radius 2 is 2.09 bits per heavy atom. The van der Waals surface area contributed by atoms with Gasteiger partial charge in [-0.3, -0.25) is 9.55 Å². The molecule has 0 unspecified atom stereocenters. The summed E-state index contributed by atoms with van der Waals surface area (Å²) in [5.74, 6) is 0.688. The highest BCUT2D eigenvalue weighted by Gasteiger charge is 2.30. The van der Waals surface area contributed by atoms with Gasteiger partial charge in [-0.15, -0.1) is 5.10 Å². The normalized spacial score (nSPS) is 14.1. The van der Waals surface area contributed by atoms with Gasteiger partial charge >= 0.3 is 5.69 Å². The Hall–Kier alpha value is -2.40. The summed E-state index contributed by atoms with van der Waals surface area (Å²) in [7, 11) is 0. The Morgan fingerprint density at radius 1 is 1.22 bits per heavy atom. The van der Waals surface area contributed by atoms with E-state index < -0.39 is 0 Å². The third-order valence-electron chi connectivity index (χ3n) is 3.92. The minimum atomic E-state index is -0.0775. The van der Waals surface area contributed by atoms with Crippen LogP contribution in [0.5, 0.6) is 0 Å². The maximum absolute atomic E-state index is 12.7. The van der Waals surface area contributed by atoms with E-state index in [1.165, 1.54) is 4.68 Å². The molecular weight excluding hydrogens is 312 g/mol. The minimum Gasteiger partial charge on any atom is -0.272 e. The smallest absolute Gasteiger partial charge is 0.272 e. The van der Waals surface area contributed by atoms with E-state index in [1.807, 2.05) is 36.4 Å². The molecule has 0 amide bonds. The van der Waals surface area contributed by atoms with E-state index in [4.69, 9.17) is 11.6 Å². The molecule has 0 radical (unpaired) electrons. The minimum absolute atomic E-state index is 0.0775. The molecule has 0 bridgehead atoms. The van der Waals surface area contributed by atoms with Crippen LogP contribution in [0.25, 0.3) is 11.4 Å². The monoisotopic (exact) mass is 326 g/mol. The molecule has 1 aromatic carbocycles. The summed E-state index contributed by atoms with van der Waals surface area (Å²) >= 11 is 6.02. The van der Waals surface area contributed by atoms with Crippen LogP contribution >= 0.6 is 11.6 Å². The zero-order valence-corrected chi connectivity index (χ0v) is 13.1. The summed E-state index contributed by atoms with van der Waals surface area (Å²) in [6.45, 7) is 0.409. The first-order chi connectivity index (χ1) is 11.2. The fraction of sp³-hybridized carbons (Fsp3) is 0.235. The second-order valence-corrected chi connectivity index (χ2v) is 6.17. The van der Waals surface area contributed by atoms with Crippen molar-refractivity contribution in [2.24, 2.45) is 0 Å². The number of hydrogen-bond acceptors (Lipinski definition) is 3. The predicted octanol–water partition coefficient (Wildman–Crippen LogP) is 3.14. The summed E-state index contributed by atoms with van der Waals surface area (Å²) < 4.78 is 3.30. The molecule has 0 saturated heterocycles. The fourth-order valence-corrected chi connectivity index (χ4v) is 2.90. The molecule has 2 aromatic heterocycles. The van der Waals surface area contributed by atoms with Crippen molar-refractivity contribution in [2.75, 3.05) is 0 Å². The van der Waals surface area contributed by atoms with Crippen LogP contribution in [0.1, 0.15) is 24.4 Å². The van der Waals surface area contributed by atoms with Crippen molar-refractivity contribution in [3.05, 3.63) is 69.9 Å². The molecule has 4 rings (SSSR count). The second-order valence-electron chi connectivity index (χ2n) is 5.74. The number of benzene rings is 1. The summed E-state index contributed by atoms with van der Waals surface area (Å²) in [6.07, 6.45) is 5.50. The number of hydrogen-bond donors (Lipinski definition) is 0. The van der Waals surface area contributed by atoms with E-state index in [9.17, 15) is 4.79 Å². The summed E-state index contributed by atoms with van der Waals surface area (Å²) in [4.78, 5) is 16.9. The number of aromatic nitrogens is 4. The van der Waals surface area contributed by atoms with Crippen molar-refractivity contribution in [3.63, 3.8) is 0 Å². The summed E-state index contributed by atoms with van der Waals surface area (Å²) in [5.41, 5.74) is 1.74. The van der Waals surface area contributed by atoms with Gasteiger partial charge in [0.05, 0.1) is 6.54 Å². The molecule has 3 aromatic rings. The number of rotatable bonds is 4. The molecule has 0 aliphatic heterocycles. The maximum atomic E-state index is 12.7. The third-order valence-corrected chi connectivity index (χ3v) is 4.16. The second kappa shape index (κ2) is 5.66. The molecule has 1 fully saturated rings. The average Bonchev–Trinajstić information content (AvgIpc) is 3.34. The van der Waals surface area contributed by atoms with E-state index in [0.717, 1.165) is 24.0 Å². The van der Waals surface area contributed by atoms with Gasteiger partial charge in [0.15, 0.2) is 5.82 Å². The lowest BCUT2D eigenvalue weighted by Crippen LogP contribution is -2.25. The van der Waals surface area contributed by atoms with Gasteiger partial charge in [0, 0.05) is 29.0 Å². The Bertz CT molecular complexity index is 896. The van der Waals surface area contributed by atoms with Crippen LogP contribution in [-0.2, 0) is 6.54 Å². The molecule has 5 nitrogen and oxygen atoms in total. The van der Waals surface area contributed by atoms with E-state index in [1.54, 1.807) is 17.0 Å². The van der Waals surface area contributed by atoms with Crippen LogP contribution in [0.15, 0.2) is 53.6 Å². The summed E-state index contributed by atoms with van der Waals surface area (Å²) in [5, 5.41) is 5.21.